The Kier molecular flexibility index (Phi) is 13.5. The summed E-state index contributed by atoms with van der Waals surface area (Å²) in [6.45, 7) is 3.49. The first-order chi connectivity index (χ1) is 20.7. The van der Waals surface area contributed by atoms with Gasteiger partial charge in [0.2, 0.25) is 0 Å². The molecule has 0 unspecified atom stereocenters. The molecule has 2 aromatic heterocycles. The molecule has 8 nitrogen and oxygen atoms in total. The van der Waals surface area contributed by atoms with Gasteiger partial charge < -0.3 is 19.5 Å². The summed E-state index contributed by atoms with van der Waals surface area (Å²) < 4.78 is 16.8. The van der Waals surface area contributed by atoms with E-state index in [2.05, 4.69) is 55.7 Å². The van der Waals surface area contributed by atoms with Crippen molar-refractivity contribution in [1.82, 2.24) is 20.1 Å². The van der Waals surface area contributed by atoms with Crippen LogP contribution in [0.15, 0.2) is 91.3 Å². The first kappa shape index (κ1) is 35.7. The molecule has 1 aliphatic rings. The summed E-state index contributed by atoms with van der Waals surface area (Å²) in [4.78, 5) is 6.56. The van der Waals surface area contributed by atoms with E-state index in [1.54, 1.807) is 26.6 Å². The Balaban J connectivity index is 0.00000184. The Morgan fingerprint density at radius 1 is 0.711 bits per heavy atom. The number of hydrogen-bond acceptors (Lipinski definition) is 8. The average Bonchev–Trinajstić information content (AvgIpc) is 3.06. The Hall–Kier alpha value is -3.82. The zero-order valence-electron chi connectivity index (χ0n) is 25.2. The monoisotopic (exact) mass is 669 g/mol. The van der Waals surface area contributed by atoms with Crippen molar-refractivity contribution in [2.45, 2.75) is 32.0 Å². The van der Waals surface area contributed by atoms with Crippen LogP contribution in [0, 0.1) is 0 Å². The molecule has 1 N–H and O–H groups in total. The number of benzene rings is 3. The summed E-state index contributed by atoms with van der Waals surface area (Å²) in [6, 6.07) is 26.7. The lowest BCUT2D eigenvalue weighted by Crippen LogP contribution is -2.38. The largest absolute Gasteiger partial charge is 0.497 e. The molecule has 3 heterocycles. The van der Waals surface area contributed by atoms with Crippen LogP contribution in [0.4, 0.5) is 5.82 Å². The topological polar surface area (TPSA) is 81.6 Å². The van der Waals surface area contributed by atoms with Crippen molar-refractivity contribution in [3.05, 3.63) is 102 Å². The smallest absolute Gasteiger partial charge is 0.156 e. The first-order valence-electron chi connectivity index (χ1n) is 14.3. The van der Waals surface area contributed by atoms with Crippen molar-refractivity contribution < 1.29 is 14.2 Å². The van der Waals surface area contributed by atoms with Gasteiger partial charge in [-0.25, -0.2) is 0 Å². The summed E-state index contributed by atoms with van der Waals surface area (Å²) in [6.07, 6.45) is 5.63. The fraction of sp³-hybridized carbons (Fsp3) is 0.265. The average molecular weight is 671 g/mol. The third kappa shape index (κ3) is 8.89. The zero-order chi connectivity index (χ0) is 28.7. The fourth-order valence-corrected chi connectivity index (χ4v) is 5.35. The van der Waals surface area contributed by atoms with Crippen LogP contribution in [0.1, 0.15) is 24.0 Å². The van der Waals surface area contributed by atoms with Crippen molar-refractivity contribution in [2.24, 2.45) is 0 Å². The Labute approximate surface area is 282 Å². The summed E-state index contributed by atoms with van der Waals surface area (Å²) in [7, 11) is 3.35. The summed E-state index contributed by atoms with van der Waals surface area (Å²) in [5.41, 5.74) is 4.23. The molecule has 6 rings (SSSR count). The molecular weight excluding hydrogens is 633 g/mol. The molecule has 0 spiro atoms. The van der Waals surface area contributed by atoms with E-state index in [-0.39, 0.29) is 37.2 Å². The van der Waals surface area contributed by atoms with E-state index in [1.807, 2.05) is 48.5 Å². The number of pyridine rings is 1. The molecule has 1 fully saturated rings. The van der Waals surface area contributed by atoms with Crippen molar-refractivity contribution >= 4 is 53.8 Å². The van der Waals surface area contributed by atoms with E-state index in [4.69, 9.17) is 14.2 Å². The Morgan fingerprint density at radius 3 is 2.02 bits per heavy atom. The zero-order valence-corrected chi connectivity index (χ0v) is 27.7. The van der Waals surface area contributed by atoms with Gasteiger partial charge in [-0.1, -0.05) is 12.1 Å². The number of nitrogens with one attached hydrogen (secondary N) is 1. The lowest BCUT2D eigenvalue weighted by Gasteiger charge is -2.32. The molecule has 5 aromatic rings. The first-order valence-corrected chi connectivity index (χ1v) is 14.3. The maximum Gasteiger partial charge on any atom is 0.156 e. The van der Waals surface area contributed by atoms with Crippen LogP contribution in [-0.4, -0.2) is 53.4 Å². The minimum absolute atomic E-state index is 0. The van der Waals surface area contributed by atoms with Gasteiger partial charge in [-0.3, -0.25) is 9.88 Å². The maximum atomic E-state index is 5.92. The SMILES string of the molecule is COc1ccc(-c2nnc(NC3CCN(Cc4ccc(OCc5ccncc5)cc4)CC3)c3cc(OC)ccc23)cc1.Cl.Cl.Cl. The van der Waals surface area contributed by atoms with E-state index in [9.17, 15) is 0 Å². The number of fused-ring (bicyclic) bond motifs is 1. The van der Waals surface area contributed by atoms with Gasteiger partial charge in [0, 0.05) is 54.4 Å². The van der Waals surface area contributed by atoms with Crippen molar-refractivity contribution in [3.8, 4) is 28.5 Å². The number of likely N-dealkylation sites (tertiary alicyclic amines) is 1. The van der Waals surface area contributed by atoms with Crippen molar-refractivity contribution in [3.63, 3.8) is 0 Å². The second-order valence-electron chi connectivity index (χ2n) is 10.5. The molecule has 0 aliphatic carbocycles. The molecular formula is C34H38Cl3N5O3. The number of aromatic nitrogens is 3. The van der Waals surface area contributed by atoms with Gasteiger partial charge in [0.15, 0.2) is 5.82 Å². The number of anilines is 1. The second kappa shape index (κ2) is 17.0. The number of methoxy groups -OCH3 is 2. The van der Waals surface area contributed by atoms with Crippen LogP contribution >= 0.6 is 37.2 Å². The van der Waals surface area contributed by atoms with Gasteiger partial charge in [-0.2, -0.15) is 0 Å². The van der Waals surface area contributed by atoms with E-state index in [0.717, 1.165) is 83.1 Å². The van der Waals surface area contributed by atoms with E-state index >= 15 is 0 Å². The second-order valence-corrected chi connectivity index (χ2v) is 10.5. The summed E-state index contributed by atoms with van der Waals surface area (Å²) in [5, 5.41) is 15.0. The predicted molar refractivity (Wildman–Crippen MR) is 187 cm³/mol. The fourth-order valence-electron chi connectivity index (χ4n) is 5.35. The van der Waals surface area contributed by atoms with Gasteiger partial charge in [-0.05, 0) is 90.7 Å². The van der Waals surface area contributed by atoms with Crippen LogP contribution in [0.3, 0.4) is 0 Å². The number of hydrogen-bond donors (Lipinski definition) is 1. The molecule has 1 saturated heterocycles. The summed E-state index contributed by atoms with van der Waals surface area (Å²) in [5.74, 6) is 3.27. The lowest BCUT2D eigenvalue weighted by atomic mass is 10.0. The molecule has 0 amide bonds. The summed E-state index contributed by atoms with van der Waals surface area (Å²) >= 11 is 0. The molecule has 3 aromatic carbocycles. The molecule has 0 radical (unpaired) electrons. The number of ether oxygens (including phenoxy) is 3. The third-order valence-corrected chi connectivity index (χ3v) is 7.76. The van der Waals surface area contributed by atoms with Crippen molar-refractivity contribution in [2.75, 3.05) is 32.6 Å². The predicted octanol–water partition coefficient (Wildman–Crippen LogP) is 7.63. The number of nitrogens with zero attached hydrogens (tertiary/aromatic N) is 4. The van der Waals surface area contributed by atoms with Crippen LogP contribution < -0.4 is 19.5 Å². The van der Waals surface area contributed by atoms with Crippen LogP contribution in [0.2, 0.25) is 0 Å². The Morgan fingerprint density at radius 2 is 1.36 bits per heavy atom. The van der Waals surface area contributed by atoms with E-state index in [0.29, 0.717) is 12.6 Å². The van der Waals surface area contributed by atoms with Crippen LogP contribution in [0.5, 0.6) is 17.2 Å². The molecule has 1 aliphatic heterocycles. The quantitative estimate of drug-likeness (QED) is 0.163. The third-order valence-electron chi connectivity index (χ3n) is 7.76. The standard InChI is InChI=1S/C34H35N5O3.3ClH/c1-40-28-9-5-26(6-10-28)33-31-12-11-30(41-2)21-32(31)34(38-37-33)36-27-15-19-39(20-16-27)22-24-3-7-29(8-4-24)42-23-25-13-17-35-18-14-25;;;/h3-14,17-18,21,27H,15-16,19-20,22-23H2,1-2H3,(H,36,38);3*1H. The van der Waals surface area contributed by atoms with Crippen LogP contribution in [-0.2, 0) is 13.2 Å². The van der Waals surface area contributed by atoms with Crippen molar-refractivity contribution in [1.29, 1.82) is 0 Å². The normalized spacial score (nSPS) is 13.1. The minimum Gasteiger partial charge on any atom is -0.497 e. The highest BCUT2D eigenvalue weighted by Crippen LogP contribution is 2.34. The highest BCUT2D eigenvalue weighted by atomic mass is 35.5. The van der Waals surface area contributed by atoms with Gasteiger partial charge in [-0.15, -0.1) is 47.4 Å². The molecule has 0 bridgehead atoms. The highest BCUT2D eigenvalue weighted by molar-refractivity contribution is 6.00. The number of halogens is 3. The van der Waals surface area contributed by atoms with Gasteiger partial charge in [0.05, 0.1) is 14.2 Å². The lowest BCUT2D eigenvalue weighted by molar-refractivity contribution is 0.211. The van der Waals surface area contributed by atoms with Crippen LogP contribution in [0.25, 0.3) is 22.0 Å². The van der Waals surface area contributed by atoms with E-state index in [1.165, 1.54) is 5.56 Å². The number of rotatable bonds is 10. The molecule has 0 atom stereocenters. The minimum atomic E-state index is 0. The van der Waals surface area contributed by atoms with Gasteiger partial charge >= 0.3 is 0 Å². The number of piperidine rings is 1. The molecule has 238 valence electrons. The Bertz CT molecular complexity index is 1620. The maximum absolute atomic E-state index is 5.92. The molecule has 0 saturated carbocycles. The molecule has 45 heavy (non-hydrogen) atoms. The molecule has 11 heteroatoms. The van der Waals surface area contributed by atoms with Gasteiger partial charge in [0.1, 0.15) is 29.5 Å². The highest BCUT2D eigenvalue weighted by Gasteiger charge is 2.21. The van der Waals surface area contributed by atoms with E-state index < -0.39 is 0 Å². The van der Waals surface area contributed by atoms with Gasteiger partial charge in [0.25, 0.3) is 0 Å².